The molecule has 0 N–H and O–H groups in total. The maximum atomic E-state index is 2.29. The molecule has 2 aromatic carbocycles. The van der Waals surface area contributed by atoms with E-state index >= 15 is 0 Å². The molecule has 100 valence electrons. The molecule has 4 rings (SSSR count). The van der Waals surface area contributed by atoms with Crippen LogP contribution in [0.5, 0.6) is 0 Å². The molecule has 4 heteroatoms. The molecule has 2 aliphatic rings. The predicted octanol–water partition coefficient (Wildman–Crippen LogP) is 6.53. The van der Waals surface area contributed by atoms with Crippen LogP contribution in [0.3, 0.4) is 0 Å². The van der Waals surface area contributed by atoms with Crippen LogP contribution in [-0.2, 0) is 0 Å². The van der Waals surface area contributed by atoms with Gasteiger partial charge in [0.15, 0.2) is 0 Å². The summed E-state index contributed by atoms with van der Waals surface area (Å²) in [5.74, 6) is 0. The van der Waals surface area contributed by atoms with E-state index in [0.29, 0.717) is 0 Å². The van der Waals surface area contributed by atoms with Crippen LogP contribution in [0.15, 0.2) is 64.5 Å². The highest BCUT2D eigenvalue weighted by Crippen LogP contribution is 2.61. The Morgan fingerprint density at radius 3 is 1.40 bits per heavy atom. The number of aryl methyl sites for hydroxylation is 2. The van der Waals surface area contributed by atoms with E-state index in [1.807, 2.05) is 47.0 Å². The van der Waals surface area contributed by atoms with Crippen molar-refractivity contribution in [3.05, 3.63) is 56.0 Å². The highest BCUT2D eigenvalue weighted by atomic mass is 32.2. The highest BCUT2D eigenvalue weighted by Gasteiger charge is 2.26. The van der Waals surface area contributed by atoms with E-state index in [9.17, 15) is 0 Å². The summed E-state index contributed by atoms with van der Waals surface area (Å²) in [5, 5.41) is 0. The SMILES string of the molecule is Cc1ccc2c(c1)S/C(=C1/Sc3ccc(C)cc3S1)S2. The minimum Gasteiger partial charge on any atom is -0.0798 e. The summed E-state index contributed by atoms with van der Waals surface area (Å²) >= 11 is 7.68. The van der Waals surface area contributed by atoms with E-state index in [2.05, 4.69) is 50.2 Å². The zero-order valence-electron chi connectivity index (χ0n) is 11.1. The summed E-state index contributed by atoms with van der Waals surface area (Å²) in [6.45, 7) is 4.32. The third kappa shape index (κ3) is 2.33. The summed E-state index contributed by atoms with van der Waals surface area (Å²) in [4.78, 5) is 5.62. The summed E-state index contributed by atoms with van der Waals surface area (Å²) in [6, 6.07) is 13.5. The summed E-state index contributed by atoms with van der Waals surface area (Å²) in [5.41, 5.74) is 2.68. The number of fused-ring (bicyclic) bond motifs is 2. The molecule has 0 amide bonds. The second kappa shape index (κ2) is 5.09. The maximum absolute atomic E-state index is 2.29. The first-order chi connectivity index (χ1) is 9.69. The van der Waals surface area contributed by atoms with Crippen molar-refractivity contribution in [2.75, 3.05) is 0 Å². The first-order valence-corrected chi connectivity index (χ1v) is 9.63. The fraction of sp³-hybridized carbons (Fsp3) is 0.125. The number of thioether (sulfide) groups is 4. The summed E-state index contributed by atoms with van der Waals surface area (Å²) in [6.07, 6.45) is 0. The number of benzene rings is 2. The average molecular weight is 333 g/mol. The molecule has 0 nitrogen and oxygen atoms in total. The molecule has 20 heavy (non-hydrogen) atoms. The van der Waals surface area contributed by atoms with Gasteiger partial charge in [0, 0.05) is 19.6 Å². The van der Waals surface area contributed by atoms with Gasteiger partial charge in [0.25, 0.3) is 0 Å². The largest absolute Gasteiger partial charge is 0.0798 e. The molecule has 0 spiro atoms. The van der Waals surface area contributed by atoms with Gasteiger partial charge in [-0.15, -0.1) is 0 Å². The number of rotatable bonds is 0. The van der Waals surface area contributed by atoms with Crippen LogP contribution in [0.2, 0.25) is 0 Å². The fourth-order valence-electron chi connectivity index (χ4n) is 2.17. The van der Waals surface area contributed by atoms with Gasteiger partial charge in [0.2, 0.25) is 0 Å². The van der Waals surface area contributed by atoms with E-state index in [1.54, 1.807) is 0 Å². The molecule has 0 unspecified atom stereocenters. The Hall–Kier alpha value is -0.420. The molecule has 0 bridgehead atoms. The molecule has 0 saturated heterocycles. The van der Waals surface area contributed by atoms with E-state index in [0.717, 1.165) is 0 Å². The molecule has 2 aromatic rings. The second-order valence-corrected chi connectivity index (χ2v) is 9.61. The van der Waals surface area contributed by atoms with E-state index in [1.165, 1.54) is 39.2 Å². The minimum absolute atomic E-state index is 1.34. The zero-order valence-corrected chi connectivity index (χ0v) is 14.4. The lowest BCUT2D eigenvalue weighted by Gasteiger charge is -1.98. The molecule has 0 fully saturated rings. The standard InChI is InChI=1S/C16H12S4/c1-9-3-5-11-13(7-9)19-15(17-11)16-18-12-6-4-10(2)8-14(12)20-16/h3-8H,1-2H3/b16-15-. The smallest absolute Gasteiger partial charge is 0.0706 e. The van der Waals surface area contributed by atoms with Crippen LogP contribution in [0, 0.1) is 13.8 Å². The van der Waals surface area contributed by atoms with Crippen LogP contribution in [0.25, 0.3) is 0 Å². The molecular formula is C16H12S4. The molecule has 0 atom stereocenters. The predicted molar refractivity (Wildman–Crippen MR) is 92.8 cm³/mol. The van der Waals surface area contributed by atoms with Gasteiger partial charge in [-0.1, -0.05) is 59.2 Å². The molecule has 2 aliphatic heterocycles. The van der Waals surface area contributed by atoms with Crippen LogP contribution in [0.1, 0.15) is 11.1 Å². The Labute approximate surface area is 136 Å². The second-order valence-electron chi connectivity index (χ2n) is 4.88. The molecule has 0 saturated carbocycles. The minimum atomic E-state index is 1.34. The van der Waals surface area contributed by atoms with Gasteiger partial charge in [-0.25, -0.2) is 0 Å². The molecule has 0 aromatic heterocycles. The third-order valence-electron chi connectivity index (χ3n) is 3.18. The van der Waals surface area contributed by atoms with Gasteiger partial charge in [-0.2, -0.15) is 0 Å². The molecule has 0 aliphatic carbocycles. The van der Waals surface area contributed by atoms with Crippen molar-refractivity contribution in [2.45, 2.75) is 33.4 Å². The van der Waals surface area contributed by atoms with Gasteiger partial charge in [0.05, 0.1) is 8.47 Å². The lowest BCUT2D eigenvalue weighted by Crippen LogP contribution is -1.73. The van der Waals surface area contributed by atoms with E-state index < -0.39 is 0 Å². The molecule has 2 heterocycles. The number of hydrogen-bond donors (Lipinski definition) is 0. The summed E-state index contributed by atoms with van der Waals surface area (Å²) in [7, 11) is 0. The maximum Gasteiger partial charge on any atom is 0.0706 e. The molecule has 0 radical (unpaired) electrons. The van der Waals surface area contributed by atoms with Crippen LogP contribution in [0.4, 0.5) is 0 Å². The lowest BCUT2D eigenvalue weighted by atomic mass is 10.2. The Morgan fingerprint density at radius 1 is 0.550 bits per heavy atom. The van der Waals surface area contributed by atoms with Crippen molar-refractivity contribution in [3.8, 4) is 0 Å². The topological polar surface area (TPSA) is 0 Å². The van der Waals surface area contributed by atoms with Crippen molar-refractivity contribution in [1.82, 2.24) is 0 Å². The van der Waals surface area contributed by atoms with Crippen molar-refractivity contribution in [1.29, 1.82) is 0 Å². The normalized spacial score (nSPS) is 20.1. The van der Waals surface area contributed by atoms with Crippen molar-refractivity contribution < 1.29 is 0 Å². The average Bonchev–Trinajstić information content (AvgIpc) is 3.00. The first kappa shape index (κ1) is 13.3. The van der Waals surface area contributed by atoms with E-state index in [-0.39, 0.29) is 0 Å². The van der Waals surface area contributed by atoms with Gasteiger partial charge >= 0.3 is 0 Å². The van der Waals surface area contributed by atoms with Gasteiger partial charge in [-0.3, -0.25) is 0 Å². The number of hydrogen-bond acceptors (Lipinski definition) is 4. The molecular weight excluding hydrogens is 320 g/mol. The van der Waals surface area contributed by atoms with Gasteiger partial charge in [-0.05, 0) is 49.2 Å². The fourth-order valence-corrected chi connectivity index (χ4v) is 7.63. The third-order valence-corrected chi connectivity index (χ3v) is 8.78. The Balaban J connectivity index is 1.68. The quantitative estimate of drug-likeness (QED) is 0.538. The van der Waals surface area contributed by atoms with Gasteiger partial charge in [0.1, 0.15) is 0 Å². The van der Waals surface area contributed by atoms with Crippen molar-refractivity contribution in [2.24, 2.45) is 0 Å². The zero-order chi connectivity index (χ0) is 13.7. The van der Waals surface area contributed by atoms with Crippen LogP contribution >= 0.6 is 47.0 Å². The van der Waals surface area contributed by atoms with Crippen LogP contribution < -0.4 is 0 Å². The van der Waals surface area contributed by atoms with Crippen molar-refractivity contribution in [3.63, 3.8) is 0 Å². The Morgan fingerprint density at radius 2 is 0.950 bits per heavy atom. The lowest BCUT2D eigenvalue weighted by molar-refractivity contribution is 1.23. The van der Waals surface area contributed by atoms with Crippen molar-refractivity contribution >= 4 is 47.0 Å². The highest BCUT2D eigenvalue weighted by molar-refractivity contribution is 8.30. The Bertz CT molecular complexity index is 683. The summed E-state index contributed by atoms with van der Waals surface area (Å²) < 4.78 is 2.88. The monoisotopic (exact) mass is 332 g/mol. The Kier molecular flexibility index (Phi) is 3.38. The first-order valence-electron chi connectivity index (χ1n) is 6.36. The van der Waals surface area contributed by atoms with Crippen LogP contribution in [-0.4, -0.2) is 0 Å². The van der Waals surface area contributed by atoms with E-state index in [4.69, 9.17) is 0 Å². The van der Waals surface area contributed by atoms with Gasteiger partial charge < -0.3 is 0 Å².